The fourth-order valence-electron chi connectivity index (χ4n) is 2.81. The predicted octanol–water partition coefficient (Wildman–Crippen LogP) is 4.51. The lowest BCUT2D eigenvalue weighted by Crippen LogP contribution is -2.17. The van der Waals surface area contributed by atoms with Crippen LogP contribution in [-0.4, -0.2) is 22.4 Å². The lowest BCUT2D eigenvalue weighted by molar-refractivity contribution is 0.102. The number of aromatic nitrogens is 2. The highest BCUT2D eigenvalue weighted by atomic mass is 35.5. The number of imidazole rings is 1. The molecule has 3 aromatic rings. The molecule has 0 radical (unpaired) electrons. The number of halogens is 1. The van der Waals surface area contributed by atoms with Crippen molar-refractivity contribution in [2.45, 2.75) is 26.7 Å². The zero-order chi connectivity index (χ0) is 18.0. The first-order valence-corrected chi connectivity index (χ1v) is 8.53. The van der Waals surface area contributed by atoms with Crippen LogP contribution < -0.4 is 10.1 Å². The Bertz CT molecular complexity index is 934. The summed E-state index contributed by atoms with van der Waals surface area (Å²) in [5.74, 6) is 0.319. The second-order valence-corrected chi connectivity index (χ2v) is 6.32. The minimum absolute atomic E-state index is 0.236. The molecule has 0 aliphatic carbocycles. The van der Waals surface area contributed by atoms with Crippen LogP contribution in [0.3, 0.4) is 0 Å². The number of anilines is 1. The average molecular weight is 358 g/mol. The van der Waals surface area contributed by atoms with Crippen LogP contribution in [0.15, 0.2) is 36.5 Å². The van der Waals surface area contributed by atoms with E-state index in [1.165, 1.54) is 0 Å². The fourth-order valence-corrected chi connectivity index (χ4v) is 2.98. The van der Waals surface area contributed by atoms with E-state index < -0.39 is 0 Å². The lowest BCUT2D eigenvalue weighted by atomic mass is 10.2. The van der Waals surface area contributed by atoms with Crippen molar-refractivity contribution in [3.8, 4) is 5.75 Å². The molecule has 5 nitrogen and oxygen atoms in total. The van der Waals surface area contributed by atoms with E-state index in [0.717, 1.165) is 29.7 Å². The molecule has 0 saturated carbocycles. The summed E-state index contributed by atoms with van der Waals surface area (Å²) in [5.41, 5.74) is 3.73. The van der Waals surface area contributed by atoms with Crippen LogP contribution in [0.5, 0.6) is 5.75 Å². The van der Waals surface area contributed by atoms with Gasteiger partial charge < -0.3 is 10.1 Å². The third kappa shape index (κ3) is 3.46. The summed E-state index contributed by atoms with van der Waals surface area (Å²) in [7, 11) is 1.55. The van der Waals surface area contributed by atoms with Crippen LogP contribution in [0.1, 0.15) is 35.1 Å². The predicted molar refractivity (Wildman–Crippen MR) is 99.9 cm³/mol. The molecular formula is C19H20ClN3O2. The minimum Gasteiger partial charge on any atom is -0.495 e. The topological polar surface area (TPSA) is 55.6 Å². The summed E-state index contributed by atoms with van der Waals surface area (Å²) >= 11 is 6.05. The number of aryl methyl sites for hydroxylation is 2. The van der Waals surface area contributed by atoms with Gasteiger partial charge in [-0.2, -0.15) is 0 Å². The maximum atomic E-state index is 13.0. The first-order valence-electron chi connectivity index (χ1n) is 8.16. The van der Waals surface area contributed by atoms with Crippen LogP contribution in [0, 0.1) is 6.92 Å². The van der Waals surface area contributed by atoms with Crippen molar-refractivity contribution < 1.29 is 9.53 Å². The molecule has 0 bridgehead atoms. The maximum absolute atomic E-state index is 13.0. The van der Waals surface area contributed by atoms with Crippen LogP contribution in [0.25, 0.3) is 5.65 Å². The first-order chi connectivity index (χ1) is 12.0. The van der Waals surface area contributed by atoms with Gasteiger partial charge in [0.2, 0.25) is 0 Å². The summed E-state index contributed by atoms with van der Waals surface area (Å²) in [6, 6.07) is 9.04. The van der Waals surface area contributed by atoms with E-state index in [2.05, 4.69) is 17.2 Å². The molecule has 1 aromatic carbocycles. The van der Waals surface area contributed by atoms with Gasteiger partial charge in [-0.05, 0) is 49.2 Å². The minimum atomic E-state index is -0.236. The third-order valence-corrected chi connectivity index (χ3v) is 4.20. The van der Waals surface area contributed by atoms with Crippen LogP contribution >= 0.6 is 11.6 Å². The smallest absolute Gasteiger partial charge is 0.274 e. The summed E-state index contributed by atoms with van der Waals surface area (Å²) in [5, 5.41) is 3.43. The molecule has 0 saturated heterocycles. The average Bonchev–Trinajstić information content (AvgIpc) is 2.92. The molecule has 0 aliphatic heterocycles. The molecule has 0 aliphatic rings. The number of hydrogen-bond acceptors (Lipinski definition) is 3. The van der Waals surface area contributed by atoms with Gasteiger partial charge in [-0.15, -0.1) is 0 Å². The fraction of sp³-hybridized carbons (Fsp3) is 0.263. The van der Waals surface area contributed by atoms with E-state index in [1.807, 2.05) is 29.7 Å². The Morgan fingerprint density at radius 1 is 1.32 bits per heavy atom. The second kappa shape index (κ2) is 7.15. The highest BCUT2D eigenvalue weighted by Gasteiger charge is 2.20. The lowest BCUT2D eigenvalue weighted by Gasteiger charge is -2.11. The number of rotatable bonds is 5. The number of carbonyl (C=O) groups is 1. The SMILES string of the molecule is CCCc1nc2cc(C)ccn2c1C(=O)Nc1cc(Cl)ccc1OC. The van der Waals surface area contributed by atoms with E-state index in [9.17, 15) is 4.79 Å². The van der Waals surface area contributed by atoms with E-state index in [1.54, 1.807) is 25.3 Å². The molecule has 1 N–H and O–H groups in total. The van der Waals surface area contributed by atoms with Crippen molar-refractivity contribution in [1.29, 1.82) is 0 Å². The van der Waals surface area contributed by atoms with Crippen LogP contribution in [-0.2, 0) is 6.42 Å². The van der Waals surface area contributed by atoms with E-state index in [-0.39, 0.29) is 5.91 Å². The van der Waals surface area contributed by atoms with Crippen molar-refractivity contribution in [3.63, 3.8) is 0 Å². The third-order valence-electron chi connectivity index (χ3n) is 3.97. The number of nitrogens with zero attached hydrogens (tertiary/aromatic N) is 2. The Hall–Kier alpha value is -2.53. The van der Waals surface area contributed by atoms with Crippen molar-refractivity contribution in [2.24, 2.45) is 0 Å². The van der Waals surface area contributed by atoms with Crippen LogP contribution in [0.2, 0.25) is 5.02 Å². The van der Waals surface area contributed by atoms with Gasteiger partial charge >= 0.3 is 0 Å². The Balaban J connectivity index is 2.04. The van der Waals surface area contributed by atoms with Gasteiger partial charge in [0, 0.05) is 11.2 Å². The maximum Gasteiger partial charge on any atom is 0.274 e. The summed E-state index contributed by atoms with van der Waals surface area (Å²) in [4.78, 5) is 17.6. The molecule has 0 unspecified atom stereocenters. The standard InChI is InChI=1S/C19H20ClN3O2/c1-4-5-14-18(23-9-8-12(2)10-17(23)21-14)19(24)22-15-11-13(20)6-7-16(15)25-3/h6-11H,4-5H2,1-3H3,(H,22,24). The Labute approximate surface area is 151 Å². The van der Waals surface area contributed by atoms with E-state index in [4.69, 9.17) is 16.3 Å². The molecule has 3 rings (SSSR count). The van der Waals surface area contributed by atoms with Gasteiger partial charge in [-0.3, -0.25) is 9.20 Å². The molecule has 25 heavy (non-hydrogen) atoms. The van der Waals surface area contributed by atoms with Gasteiger partial charge in [-0.1, -0.05) is 24.9 Å². The highest BCUT2D eigenvalue weighted by molar-refractivity contribution is 6.31. The molecule has 0 atom stereocenters. The molecule has 0 spiro atoms. The number of nitrogens with one attached hydrogen (secondary N) is 1. The highest BCUT2D eigenvalue weighted by Crippen LogP contribution is 2.28. The Morgan fingerprint density at radius 2 is 2.12 bits per heavy atom. The normalized spacial score (nSPS) is 10.9. The number of benzene rings is 1. The Morgan fingerprint density at radius 3 is 2.84 bits per heavy atom. The second-order valence-electron chi connectivity index (χ2n) is 5.89. The molecule has 2 heterocycles. The van der Waals surface area contributed by atoms with Gasteiger partial charge in [0.1, 0.15) is 17.1 Å². The van der Waals surface area contributed by atoms with Gasteiger partial charge in [-0.25, -0.2) is 4.98 Å². The summed E-state index contributed by atoms with van der Waals surface area (Å²) in [6.07, 6.45) is 3.51. The van der Waals surface area contributed by atoms with Crippen molar-refractivity contribution in [2.75, 3.05) is 12.4 Å². The monoisotopic (exact) mass is 357 g/mol. The van der Waals surface area contributed by atoms with Crippen LogP contribution in [0.4, 0.5) is 5.69 Å². The molecule has 130 valence electrons. The largest absolute Gasteiger partial charge is 0.495 e. The molecule has 0 fully saturated rings. The molecule has 1 amide bonds. The van der Waals surface area contributed by atoms with Gasteiger partial charge in [0.15, 0.2) is 0 Å². The van der Waals surface area contributed by atoms with Crippen molar-refractivity contribution >= 4 is 28.8 Å². The van der Waals surface area contributed by atoms with E-state index in [0.29, 0.717) is 22.2 Å². The zero-order valence-electron chi connectivity index (χ0n) is 14.5. The number of fused-ring (bicyclic) bond motifs is 1. The molecular weight excluding hydrogens is 338 g/mol. The van der Waals surface area contributed by atoms with Gasteiger partial charge in [0.25, 0.3) is 5.91 Å². The number of amides is 1. The van der Waals surface area contributed by atoms with Gasteiger partial charge in [0.05, 0.1) is 18.5 Å². The summed E-state index contributed by atoms with van der Waals surface area (Å²) < 4.78 is 7.13. The number of hydrogen-bond donors (Lipinski definition) is 1. The van der Waals surface area contributed by atoms with E-state index >= 15 is 0 Å². The number of methoxy groups -OCH3 is 1. The van der Waals surface area contributed by atoms with Crippen molar-refractivity contribution in [1.82, 2.24) is 9.38 Å². The number of carbonyl (C=O) groups excluding carboxylic acids is 1. The number of ether oxygens (including phenoxy) is 1. The zero-order valence-corrected chi connectivity index (χ0v) is 15.2. The molecule has 2 aromatic heterocycles. The van der Waals surface area contributed by atoms with Crippen molar-refractivity contribution in [3.05, 3.63) is 58.5 Å². The Kier molecular flexibility index (Phi) is 4.95. The molecule has 6 heteroatoms. The first kappa shape index (κ1) is 17.3. The number of pyridine rings is 1. The summed E-state index contributed by atoms with van der Waals surface area (Å²) in [6.45, 7) is 4.07. The quantitative estimate of drug-likeness (QED) is 0.731.